The smallest absolute Gasteiger partial charge is 0.344 e. The van der Waals surface area contributed by atoms with E-state index in [0.717, 1.165) is 41.3 Å². The Hall–Kier alpha value is -3.28. The lowest BCUT2D eigenvalue weighted by Crippen LogP contribution is -2.15. The molecule has 0 radical (unpaired) electrons. The van der Waals surface area contributed by atoms with Gasteiger partial charge >= 0.3 is 11.6 Å². The Balaban J connectivity index is 1.39. The van der Waals surface area contributed by atoms with Gasteiger partial charge in [-0.25, -0.2) is 9.59 Å². The maximum Gasteiger partial charge on any atom is 0.344 e. The van der Waals surface area contributed by atoms with Crippen molar-refractivity contribution in [3.63, 3.8) is 0 Å². The highest BCUT2D eigenvalue weighted by molar-refractivity contribution is 5.83. The van der Waals surface area contributed by atoms with Crippen LogP contribution in [0.5, 0.6) is 11.5 Å². The monoisotopic (exact) mass is 394 g/mol. The number of benzene rings is 2. The molecule has 0 spiro atoms. The minimum absolute atomic E-state index is 0.108. The second-order valence-corrected chi connectivity index (χ2v) is 6.85. The van der Waals surface area contributed by atoms with Gasteiger partial charge in [0.25, 0.3) is 0 Å². The fourth-order valence-electron chi connectivity index (χ4n) is 3.62. The van der Waals surface area contributed by atoms with Crippen molar-refractivity contribution in [2.75, 3.05) is 13.2 Å². The molecule has 1 aromatic heterocycles. The van der Waals surface area contributed by atoms with Gasteiger partial charge in [-0.1, -0.05) is 18.2 Å². The molecule has 0 saturated carbocycles. The second-order valence-electron chi connectivity index (χ2n) is 6.85. The predicted molar refractivity (Wildman–Crippen MR) is 107 cm³/mol. The fourth-order valence-corrected chi connectivity index (χ4v) is 3.62. The van der Waals surface area contributed by atoms with E-state index in [9.17, 15) is 9.59 Å². The van der Waals surface area contributed by atoms with Crippen molar-refractivity contribution in [1.82, 2.24) is 0 Å². The van der Waals surface area contributed by atoms with E-state index >= 15 is 0 Å². The number of carbonyl (C=O) groups is 1. The van der Waals surface area contributed by atoms with E-state index < -0.39 is 5.97 Å². The van der Waals surface area contributed by atoms with Crippen LogP contribution in [0.4, 0.5) is 0 Å². The minimum atomic E-state index is -0.494. The molecule has 0 fully saturated rings. The highest BCUT2D eigenvalue weighted by atomic mass is 16.6. The third-order valence-corrected chi connectivity index (χ3v) is 4.96. The third-order valence-electron chi connectivity index (χ3n) is 4.96. The zero-order valence-electron chi connectivity index (χ0n) is 16.2. The third kappa shape index (κ3) is 4.11. The number of fused-ring (bicyclic) bond motifs is 3. The molecule has 0 atom stereocenters. The number of rotatable bonds is 7. The molecule has 1 aliphatic carbocycles. The van der Waals surface area contributed by atoms with Gasteiger partial charge < -0.3 is 18.6 Å². The van der Waals surface area contributed by atoms with E-state index in [1.165, 1.54) is 0 Å². The molecular weight excluding hydrogens is 372 g/mol. The summed E-state index contributed by atoms with van der Waals surface area (Å²) in [5.41, 5.74) is 2.84. The van der Waals surface area contributed by atoms with Crippen LogP contribution in [0.2, 0.25) is 0 Å². The van der Waals surface area contributed by atoms with Crippen molar-refractivity contribution in [3.05, 3.63) is 69.6 Å². The molecule has 6 heteroatoms. The molecule has 0 aliphatic heterocycles. The van der Waals surface area contributed by atoms with Crippen LogP contribution in [0.1, 0.15) is 30.0 Å². The second kappa shape index (κ2) is 8.39. The van der Waals surface area contributed by atoms with Crippen molar-refractivity contribution < 1.29 is 23.4 Å². The van der Waals surface area contributed by atoms with Gasteiger partial charge in [-0.15, -0.1) is 0 Å². The van der Waals surface area contributed by atoms with E-state index in [1.54, 1.807) is 12.1 Å². The quantitative estimate of drug-likeness (QED) is 0.448. The van der Waals surface area contributed by atoms with Crippen LogP contribution in [0.3, 0.4) is 0 Å². The van der Waals surface area contributed by atoms with Gasteiger partial charge in [0.2, 0.25) is 0 Å². The van der Waals surface area contributed by atoms with E-state index in [0.29, 0.717) is 23.7 Å². The number of hydrogen-bond acceptors (Lipinski definition) is 6. The maximum atomic E-state index is 12.1. The lowest BCUT2D eigenvalue weighted by molar-refractivity contribution is -0.147. The highest BCUT2D eigenvalue weighted by Crippen LogP contribution is 2.29. The van der Waals surface area contributed by atoms with Gasteiger partial charge in [0, 0.05) is 22.6 Å². The van der Waals surface area contributed by atoms with Crippen molar-refractivity contribution in [1.29, 1.82) is 0 Å². The topological polar surface area (TPSA) is 75.0 Å². The Bertz CT molecular complexity index is 1100. The van der Waals surface area contributed by atoms with Gasteiger partial charge in [0.15, 0.2) is 6.61 Å². The zero-order chi connectivity index (χ0) is 20.2. The Morgan fingerprint density at radius 2 is 1.90 bits per heavy atom. The van der Waals surface area contributed by atoms with Crippen LogP contribution < -0.4 is 15.1 Å². The average Bonchev–Trinajstić information content (AvgIpc) is 3.22. The van der Waals surface area contributed by atoms with Crippen molar-refractivity contribution in [3.8, 4) is 11.5 Å². The first-order valence-corrected chi connectivity index (χ1v) is 9.73. The molecular formula is C23H22O6. The highest BCUT2D eigenvalue weighted by Gasteiger charge is 2.19. The molecule has 0 amide bonds. The first kappa shape index (κ1) is 19.1. The summed E-state index contributed by atoms with van der Waals surface area (Å²) in [5, 5.41) is 0.930. The van der Waals surface area contributed by atoms with Gasteiger partial charge in [0.1, 0.15) is 23.7 Å². The fraction of sp³-hybridized carbons (Fsp3) is 0.304. The molecule has 0 unspecified atom stereocenters. The van der Waals surface area contributed by atoms with Gasteiger partial charge in [-0.3, -0.25) is 0 Å². The van der Waals surface area contributed by atoms with E-state index in [2.05, 4.69) is 0 Å². The molecule has 6 nitrogen and oxygen atoms in total. The number of para-hydroxylation sites is 1. The molecule has 1 heterocycles. The summed E-state index contributed by atoms with van der Waals surface area (Å²) >= 11 is 0. The summed E-state index contributed by atoms with van der Waals surface area (Å²) in [5.74, 6) is 0.651. The molecule has 4 rings (SSSR count). The molecule has 0 bridgehead atoms. The average molecular weight is 394 g/mol. The summed E-state index contributed by atoms with van der Waals surface area (Å²) in [6, 6.07) is 12.7. The molecule has 0 saturated heterocycles. The summed E-state index contributed by atoms with van der Waals surface area (Å²) in [7, 11) is 0. The SMILES string of the molecule is CCOc1ccccc1COC(=O)COc1ccc2c3c(c(=O)oc2c1)CCC3. The molecule has 29 heavy (non-hydrogen) atoms. The largest absolute Gasteiger partial charge is 0.493 e. The molecule has 150 valence electrons. The standard InChI is InChI=1S/C23H22O6/c1-2-26-20-9-4-3-6-15(20)13-28-22(24)14-27-16-10-11-18-17-7-5-8-19(17)23(25)29-21(18)12-16/h3-4,6,9-12H,2,5,7-8,13-14H2,1H3. The predicted octanol–water partition coefficient (Wildman–Crippen LogP) is 3.80. The van der Waals surface area contributed by atoms with Crippen LogP contribution in [-0.2, 0) is 29.0 Å². The van der Waals surface area contributed by atoms with E-state index in [4.69, 9.17) is 18.6 Å². The number of aryl methyl sites for hydroxylation is 1. The lowest BCUT2D eigenvalue weighted by Gasteiger charge is -2.11. The summed E-state index contributed by atoms with van der Waals surface area (Å²) < 4.78 is 21.8. The molecule has 2 aromatic carbocycles. The lowest BCUT2D eigenvalue weighted by atomic mass is 10.1. The number of hydrogen-bond donors (Lipinski definition) is 0. The first-order chi connectivity index (χ1) is 14.2. The Morgan fingerprint density at radius 3 is 2.76 bits per heavy atom. The zero-order valence-corrected chi connectivity index (χ0v) is 16.2. The minimum Gasteiger partial charge on any atom is -0.493 e. The summed E-state index contributed by atoms with van der Waals surface area (Å²) in [4.78, 5) is 24.2. The number of esters is 1. The van der Waals surface area contributed by atoms with Crippen LogP contribution in [0.25, 0.3) is 11.0 Å². The van der Waals surface area contributed by atoms with Gasteiger partial charge in [0.05, 0.1) is 6.61 Å². The Kier molecular flexibility index (Phi) is 5.51. The van der Waals surface area contributed by atoms with E-state index in [-0.39, 0.29) is 18.8 Å². The maximum absolute atomic E-state index is 12.1. The van der Waals surface area contributed by atoms with Crippen LogP contribution in [0.15, 0.2) is 51.7 Å². The number of carbonyl (C=O) groups excluding carboxylic acids is 1. The van der Waals surface area contributed by atoms with Crippen LogP contribution in [-0.4, -0.2) is 19.2 Å². The molecule has 1 aliphatic rings. The number of ether oxygens (including phenoxy) is 3. The van der Waals surface area contributed by atoms with Crippen LogP contribution >= 0.6 is 0 Å². The summed E-state index contributed by atoms with van der Waals surface area (Å²) in [6.07, 6.45) is 2.62. The van der Waals surface area contributed by atoms with Gasteiger partial charge in [-0.2, -0.15) is 0 Å². The van der Waals surface area contributed by atoms with E-state index in [1.807, 2.05) is 37.3 Å². The Morgan fingerprint density at radius 1 is 1.07 bits per heavy atom. The molecule has 0 N–H and O–H groups in total. The van der Waals surface area contributed by atoms with Crippen LogP contribution in [0, 0.1) is 0 Å². The van der Waals surface area contributed by atoms with Crippen molar-refractivity contribution in [2.24, 2.45) is 0 Å². The van der Waals surface area contributed by atoms with Crippen molar-refractivity contribution in [2.45, 2.75) is 32.8 Å². The first-order valence-electron chi connectivity index (χ1n) is 9.73. The van der Waals surface area contributed by atoms with Gasteiger partial charge in [-0.05, 0) is 49.9 Å². The summed E-state index contributed by atoms with van der Waals surface area (Å²) in [6.45, 7) is 2.31. The Labute approximate surface area is 168 Å². The van der Waals surface area contributed by atoms with Crippen molar-refractivity contribution >= 4 is 16.9 Å². The normalized spacial score (nSPS) is 12.6. The molecule has 3 aromatic rings.